The van der Waals surface area contributed by atoms with Gasteiger partial charge in [0.15, 0.2) is 0 Å². The van der Waals surface area contributed by atoms with Crippen LogP contribution in [0.15, 0.2) is 30.3 Å². The summed E-state index contributed by atoms with van der Waals surface area (Å²) >= 11 is 2.06. The molecule has 5 nitrogen and oxygen atoms in total. The molecule has 0 aliphatic carbocycles. The molecule has 6 heteroatoms. The van der Waals surface area contributed by atoms with Crippen molar-refractivity contribution in [2.24, 2.45) is 0 Å². The highest BCUT2D eigenvalue weighted by atomic mass is 32.2. The number of rotatable bonds is 3. The lowest BCUT2D eigenvalue weighted by molar-refractivity contribution is 0.0554. The van der Waals surface area contributed by atoms with E-state index in [-0.39, 0.29) is 5.91 Å². The fourth-order valence-corrected chi connectivity index (χ4v) is 4.90. The van der Waals surface area contributed by atoms with Crippen LogP contribution in [0, 0.1) is 6.92 Å². The standard InChI is InChI=1S/C20H26N4OS/c1-15-2-4-16(5-3-15)18-14-19(22-21-18)20(25)24-10-8-23(9-11-24)17-6-12-26-13-7-17/h2-5,14,17H,6-13H2,1H3,(H,21,22). The molecule has 2 saturated heterocycles. The van der Waals surface area contributed by atoms with Crippen molar-refractivity contribution in [3.05, 3.63) is 41.6 Å². The first-order valence-corrected chi connectivity index (χ1v) is 10.6. The summed E-state index contributed by atoms with van der Waals surface area (Å²) in [4.78, 5) is 17.4. The van der Waals surface area contributed by atoms with Crippen molar-refractivity contribution in [1.29, 1.82) is 0 Å². The third-order valence-corrected chi connectivity index (χ3v) is 6.51. The van der Waals surface area contributed by atoms with E-state index in [9.17, 15) is 4.79 Å². The number of hydrogen-bond donors (Lipinski definition) is 1. The van der Waals surface area contributed by atoms with Gasteiger partial charge in [0.25, 0.3) is 5.91 Å². The number of nitrogens with one attached hydrogen (secondary N) is 1. The second kappa shape index (κ2) is 7.84. The Kier molecular flexibility index (Phi) is 5.31. The number of carbonyl (C=O) groups is 1. The maximum absolute atomic E-state index is 12.8. The number of carbonyl (C=O) groups excluding carboxylic acids is 1. The number of aryl methyl sites for hydroxylation is 1. The van der Waals surface area contributed by atoms with Crippen LogP contribution in [0.5, 0.6) is 0 Å². The molecule has 0 atom stereocenters. The van der Waals surface area contributed by atoms with Gasteiger partial charge in [0.1, 0.15) is 5.69 Å². The van der Waals surface area contributed by atoms with Gasteiger partial charge in [0, 0.05) is 37.8 Å². The third-order valence-electron chi connectivity index (χ3n) is 5.46. The molecule has 1 aromatic heterocycles. The number of thioether (sulfide) groups is 1. The van der Waals surface area contributed by atoms with Crippen molar-refractivity contribution in [2.75, 3.05) is 37.7 Å². The minimum absolute atomic E-state index is 0.0645. The van der Waals surface area contributed by atoms with Crippen LogP contribution in [0.1, 0.15) is 28.9 Å². The number of hydrogen-bond acceptors (Lipinski definition) is 4. The van der Waals surface area contributed by atoms with E-state index in [2.05, 4.69) is 45.9 Å². The molecule has 1 N–H and O–H groups in total. The summed E-state index contributed by atoms with van der Waals surface area (Å²) in [6.07, 6.45) is 2.58. The van der Waals surface area contributed by atoms with Crippen LogP contribution in [0.4, 0.5) is 0 Å². The van der Waals surface area contributed by atoms with Crippen LogP contribution in [0.3, 0.4) is 0 Å². The summed E-state index contributed by atoms with van der Waals surface area (Å²) in [6, 6.07) is 10.8. The molecule has 2 aliphatic heterocycles. The van der Waals surface area contributed by atoms with Gasteiger partial charge in [0.2, 0.25) is 0 Å². The highest BCUT2D eigenvalue weighted by molar-refractivity contribution is 7.99. The van der Waals surface area contributed by atoms with Crippen LogP contribution in [0.25, 0.3) is 11.3 Å². The summed E-state index contributed by atoms with van der Waals surface area (Å²) in [5.74, 6) is 2.62. The van der Waals surface area contributed by atoms with Crippen molar-refractivity contribution >= 4 is 17.7 Å². The Balaban J connectivity index is 1.37. The Labute approximate surface area is 159 Å². The van der Waals surface area contributed by atoms with Crippen LogP contribution in [0.2, 0.25) is 0 Å². The molecule has 3 heterocycles. The number of nitrogens with zero attached hydrogens (tertiary/aromatic N) is 3. The van der Waals surface area contributed by atoms with Crippen molar-refractivity contribution in [3.8, 4) is 11.3 Å². The molecular formula is C20H26N4OS. The van der Waals surface area contributed by atoms with E-state index in [1.165, 1.54) is 29.9 Å². The van der Waals surface area contributed by atoms with Gasteiger partial charge < -0.3 is 4.90 Å². The van der Waals surface area contributed by atoms with E-state index < -0.39 is 0 Å². The molecule has 0 spiro atoms. The van der Waals surface area contributed by atoms with Gasteiger partial charge in [-0.05, 0) is 37.3 Å². The average molecular weight is 371 g/mol. The Morgan fingerprint density at radius 2 is 1.81 bits per heavy atom. The highest BCUT2D eigenvalue weighted by Crippen LogP contribution is 2.23. The predicted octanol–water partition coefficient (Wildman–Crippen LogP) is 3.04. The van der Waals surface area contributed by atoms with Gasteiger partial charge in [0.05, 0.1) is 5.69 Å². The number of H-pyrrole nitrogens is 1. The fourth-order valence-electron chi connectivity index (χ4n) is 3.81. The Morgan fingerprint density at radius 1 is 1.12 bits per heavy atom. The molecular weight excluding hydrogens is 344 g/mol. The molecule has 2 aliphatic rings. The first kappa shape index (κ1) is 17.6. The van der Waals surface area contributed by atoms with Crippen LogP contribution >= 0.6 is 11.8 Å². The van der Waals surface area contributed by atoms with Crippen molar-refractivity contribution < 1.29 is 4.79 Å². The second-order valence-corrected chi connectivity index (χ2v) is 8.43. The lowest BCUT2D eigenvalue weighted by Gasteiger charge is -2.40. The summed E-state index contributed by atoms with van der Waals surface area (Å²) in [5, 5.41) is 7.27. The molecule has 2 aromatic rings. The van der Waals surface area contributed by atoms with Gasteiger partial charge >= 0.3 is 0 Å². The van der Waals surface area contributed by atoms with Gasteiger partial charge in [-0.15, -0.1) is 0 Å². The molecule has 1 aromatic carbocycles. The number of benzene rings is 1. The maximum atomic E-state index is 12.8. The lowest BCUT2D eigenvalue weighted by atomic mass is 10.1. The zero-order valence-corrected chi connectivity index (χ0v) is 16.1. The number of piperazine rings is 1. The minimum Gasteiger partial charge on any atom is -0.335 e. The number of aromatic nitrogens is 2. The average Bonchev–Trinajstić information content (AvgIpc) is 3.19. The molecule has 1 amide bonds. The highest BCUT2D eigenvalue weighted by Gasteiger charge is 2.28. The van der Waals surface area contributed by atoms with Crippen molar-refractivity contribution in [2.45, 2.75) is 25.8 Å². The van der Waals surface area contributed by atoms with E-state index in [1.807, 2.05) is 23.1 Å². The fraction of sp³-hybridized carbons (Fsp3) is 0.500. The topological polar surface area (TPSA) is 52.2 Å². The molecule has 0 unspecified atom stereocenters. The summed E-state index contributed by atoms with van der Waals surface area (Å²) in [5.41, 5.74) is 3.66. The summed E-state index contributed by atoms with van der Waals surface area (Å²) in [7, 11) is 0. The Bertz CT molecular complexity index is 743. The Morgan fingerprint density at radius 3 is 2.50 bits per heavy atom. The number of amides is 1. The summed E-state index contributed by atoms with van der Waals surface area (Å²) in [6.45, 7) is 5.65. The zero-order valence-electron chi connectivity index (χ0n) is 15.3. The smallest absolute Gasteiger partial charge is 0.271 e. The van der Waals surface area contributed by atoms with E-state index in [0.29, 0.717) is 11.7 Å². The molecule has 4 rings (SSSR count). The van der Waals surface area contributed by atoms with E-state index in [0.717, 1.165) is 37.4 Å². The van der Waals surface area contributed by atoms with Gasteiger partial charge in [-0.1, -0.05) is 29.8 Å². The first-order valence-electron chi connectivity index (χ1n) is 9.44. The van der Waals surface area contributed by atoms with E-state index >= 15 is 0 Å². The SMILES string of the molecule is Cc1ccc(-c2cc(C(=O)N3CCN(C4CCSCC4)CC3)[nH]n2)cc1. The lowest BCUT2D eigenvalue weighted by Crippen LogP contribution is -2.52. The minimum atomic E-state index is 0.0645. The Hall–Kier alpha value is -1.79. The van der Waals surface area contributed by atoms with Crippen LogP contribution in [-0.4, -0.2) is 69.6 Å². The third kappa shape index (κ3) is 3.81. The van der Waals surface area contributed by atoms with Crippen LogP contribution in [-0.2, 0) is 0 Å². The number of aromatic amines is 1. The zero-order chi connectivity index (χ0) is 17.9. The molecule has 0 saturated carbocycles. The normalized spacial score (nSPS) is 19.7. The second-order valence-electron chi connectivity index (χ2n) is 7.20. The van der Waals surface area contributed by atoms with E-state index in [1.54, 1.807) is 0 Å². The van der Waals surface area contributed by atoms with Crippen molar-refractivity contribution in [3.63, 3.8) is 0 Å². The van der Waals surface area contributed by atoms with Gasteiger partial charge in [-0.3, -0.25) is 14.8 Å². The predicted molar refractivity (Wildman–Crippen MR) is 107 cm³/mol. The molecule has 26 heavy (non-hydrogen) atoms. The van der Waals surface area contributed by atoms with Gasteiger partial charge in [-0.25, -0.2) is 0 Å². The molecule has 0 bridgehead atoms. The van der Waals surface area contributed by atoms with Gasteiger partial charge in [-0.2, -0.15) is 16.9 Å². The van der Waals surface area contributed by atoms with Crippen LogP contribution < -0.4 is 0 Å². The maximum Gasteiger partial charge on any atom is 0.271 e. The molecule has 138 valence electrons. The molecule has 0 radical (unpaired) electrons. The molecule has 2 fully saturated rings. The first-order chi connectivity index (χ1) is 12.7. The van der Waals surface area contributed by atoms with E-state index in [4.69, 9.17) is 0 Å². The monoisotopic (exact) mass is 370 g/mol. The summed E-state index contributed by atoms with van der Waals surface area (Å²) < 4.78 is 0. The largest absolute Gasteiger partial charge is 0.335 e. The quantitative estimate of drug-likeness (QED) is 0.902. The van der Waals surface area contributed by atoms with Crippen molar-refractivity contribution in [1.82, 2.24) is 20.0 Å².